The quantitative estimate of drug-likeness (QED) is 0.790. The lowest BCUT2D eigenvalue weighted by molar-refractivity contribution is -0.119. The fourth-order valence-corrected chi connectivity index (χ4v) is 4.43. The van der Waals surface area contributed by atoms with Crippen LogP contribution in [0.1, 0.15) is 62.6 Å². The second kappa shape index (κ2) is 8.05. The number of nitrogens with one attached hydrogen (secondary N) is 1. The molecule has 1 N–H and O–H groups in total. The van der Waals surface area contributed by atoms with Gasteiger partial charge in [-0.3, -0.25) is 4.79 Å². The number of fused-ring (bicyclic) bond motifs is 1. The maximum Gasteiger partial charge on any atom is 0.160 e. The van der Waals surface area contributed by atoms with Crippen LogP contribution in [-0.4, -0.2) is 37.4 Å². The van der Waals surface area contributed by atoms with E-state index in [4.69, 9.17) is 4.74 Å². The Bertz CT molecular complexity index is 728. The maximum absolute atomic E-state index is 12.9. The molecular formula is C23H34N2O2. The van der Waals surface area contributed by atoms with Gasteiger partial charge in [-0.15, -0.1) is 0 Å². The Morgan fingerprint density at radius 1 is 1.26 bits per heavy atom. The molecule has 0 radical (unpaired) electrons. The summed E-state index contributed by atoms with van der Waals surface area (Å²) >= 11 is 0. The molecule has 1 aromatic rings. The molecule has 0 aromatic heterocycles. The van der Waals surface area contributed by atoms with Gasteiger partial charge in [0.15, 0.2) is 5.78 Å². The zero-order valence-electron chi connectivity index (χ0n) is 17.5. The Morgan fingerprint density at radius 2 is 1.96 bits per heavy atom. The van der Waals surface area contributed by atoms with Crippen LogP contribution in [-0.2, 0) is 17.8 Å². The van der Waals surface area contributed by atoms with Crippen LogP contribution in [0, 0.1) is 5.92 Å². The molecule has 4 nitrogen and oxygen atoms in total. The molecule has 148 valence electrons. The number of carbonyl (C=O) groups is 1. The van der Waals surface area contributed by atoms with Crippen molar-refractivity contribution in [1.82, 2.24) is 10.2 Å². The SMILES string of the molecule is COc1cc2c(cc1CN(C)C)C(=CC(=O)C1CCCCC1)NC(C)(C)C2. The second-order valence-electron chi connectivity index (χ2n) is 9.04. The van der Waals surface area contributed by atoms with E-state index in [1.165, 1.54) is 24.8 Å². The van der Waals surface area contributed by atoms with Crippen molar-refractivity contribution in [2.24, 2.45) is 5.92 Å². The highest BCUT2D eigenvalue weighted by molar-refractivity contribution is 5.98. The summed E-state index contributed by atoms with van der Waals surface area (Å²) in [4.78, 5) is 15.1. The van der Waals surface area contributed by atoms with Crippen molar-refractivity contribution in [2.75, 3.05) is 21.2 Å². The second-order valence-corrected chi connectivity index (χ2v) is 9.04. The number of ether oxygens (including phenoxy) is 1. The number of allylic oxidation sites excluding steroid dienone is 1. The van der Waals surface area contributed by atoms with E-state index in [0.29, 0.717) is 0 Å². The number of hydrogen-bond acceptors (Lipinski definition) is 4. The molecule has 1 aliphatic carbocycles. The van der Waals surface area contributed by atoms with Crippen LogP contribution in [0.15, 0.2) is 18.2 Å². The third-order valence-electron chi connectivity index (χ3n) is 5.68. The fourth-order valence-electron chi connectivity index (χ4n) is 4.43. The number of rotatable bonds is 5. The Kier molecular flexibility index (Phi) is 5.95. The average Bonchev–Trinajstić information content (AvgIpc) is 2.61. The van der Waals surface area contributed by atoms with Crippen molar-refractivity contribution in [3.63, 3.8) is 0 Å². The average molecular weight is 371 g/mol. The molecule has 4 heteroatoms. The van der Waals surface area contributed by atoms with Crippen LogP contribution < -0.4 is 10.1 Å². The van der Waals surface area contributed by atoms with Crippen LogP contribution in [0.4, 0.5) is 0 Å². The van der Waals surface area contributed by atoms with Gasteiger partial charge < -0.3 is 15.0 Å². The summed E-state index contributed by atoms with van der Waals surface area (Å²) in [6.45, 7) is 5.19. The Labute approximate surface area is 164 Å². The third-order valence-corrected chi connectivity index (χ3v) is 5.68. The molecule has 0 atom stereocenters. The highest BCUT2D eigenvalue weighted by Gasteiger charge is 2.30. The topological polar surface area (TPSA) is 41.6 Å². The van der Waals surface area contributed by atoms with E-state index in [0.717, 1.165) is 48.4 Å². The maximum atomic E-state index is 12.9. The number of benzene rings is 1. The first-order chi connectivity index (χ1) is 12.8. The number of ketones is 1. The van der Waals surface area contributed by atoms with Gasteiger partial charge in [0.05, 0.1) is 7.11 Å². The highest BCUT2D eigenvalue weighted by Crippen LogP contribution is 2.35. The van der Waals surface area contributed by atoms with E-state index in [1.54, 1.807) is 7.11 Å². The molecule has 1 fully saturated rings. The van der Waals surface area contributed by atoms with Gasteiger partial charge in [-0.1, -0.05) is 19.3 Å². The van der Waals surface area contributed by atoms with Gasteiger partial charge in [0.1, 0.15) is 5.75 Å². The molecule has 27 heavy (non-hydrogen) atoms. The summed E-state index contributed by atoms with van der Waals surface area (Å²) in [6.07, 6.45) is 8.49. The first kappa shape index (κ1) is 19.9. The Balaban J connectivity index is 2.00. The van der Waals surface area contributed by atoms with Crippen molar-refractivity contribution in [2.45, 2.75) is 64.5 Å². The third kappa shape index (κ3) is 4.73. The van der Waals surface area contributed by atoms with Crippen LogP contribution in [0.5, 0.6) is 5.75 Å². The molecule has 0 unspecified atom stereocenters. The molecule has 0 bridgehead atoms. The van der Waals surface area contributed by atoms with E-state index in [2.05, 4.69) is 50.3 Å². The van der Waals surface area contributed by atoms with Crippen LogP contribution >= 0.6 is 0 Å². The largest absolute Gasteiger partial charge is 0.496 e. The zero-order chi connectivity index (χ0) is 19.6. The van der Waals surface area contributed by atoms with Gasteiger partial charge in [0, 0.05) is 40.9 Å². The van der Waals surface area contributed by atoms with Gasteiger partial charge in [-0.25, -0.2) is 0 Å². The van der Waals surface area contributed by atoms with Crippen LogP contribution in [0.25, 0.3) is 5.70 Å². The summed E-state index contributed by atoms with van der Waals surface area (Å²) < 4.78 is 5.66. The summed E-state index contributed by atoms with van der Waals surface area (Å²) in [5.74, 6) is 1.41. The van der Waals surface area contributed by atoms with Gasteiger partial charge in [-0.05, 0) is 64.9 Å². The van der Waals surface area contributed by atoms with E-state index in [9.17, 15) is 4.79 Å². The fraction of sp³-hybridized carbons (Fsp3) is 0.609. The summed E-state index contributed by atoms with van der Waals surface area (Å²) in [7, 11) is 5.85. The van der Waals surface area contributed by atoms with E-state index in [-0.39, 0.29) is 17.2 Å². The number of carbonyl (C=O) groups excluding carboxylic acids is 1. The molecule has 0 saturated heterocycles. The van der Waals surface area contributed by atoms with Crippen molar-refractivity contribution in [3.05, 3.63) is 34.9 Å². The number of methoxy groups -OCH3 is 1. The minimum absolute atomic E-state index is 0.0836. The number of nitrogens with zero attached hydrogens (tertiary/aromatic N) is 1. The molecule has 3 rings (SSSR count). The number of hydrogen-bond donors (Lipinski definition) is 1. The molecule has 1 aliphatic heterocycles. The molecule has 2 aliphatic rings. The molecular weight excluding hydrogens is 336 g/mol. The molecule has 1 heterocycles. The lowest BCUT2D eigenvalue weighted by Crippen LogP contribution is -2.44. The predicted octanol–water partition coefficient (Wildman–Crippen LogP) is 4.17. The molecule has 0 spiro atoms. The first-order valence-electron chi connectivity index (χ1n) is 10.2. The minimum Gasteiger partial charge on any atom is -0.496 e. The van der Waals surface area contributed by atoms with E-state index in [1.807, 2.05) is 6.08 Å². The molecule has 1 saturated carbocycles. The summed E-state index contributed by atoms with van der Waals surface area (Å²) in [6, 6.07) is 4.37. The van der Waals surface area contributed by atoms with Gasteiger partial charge in [-0.2, -0.15) is 0 Å². The van der Waals surface area contributed by atoms with Crippen LogP contribution in [0.2, 0.25) is 0 Å². The minimum atomic E-state index is -0.0836. The smallest absolute Gasteiger partial charge is 0.160 e. The normalized spacial score (nSPS) is 21.0. The van der Waals surface area contributed by atoms with Crippen LogP contribution in [0.3, 0.4) is 0 Å². The molecule has 0 amide bonds. The lowest BCUT2D eigenvalue weighted by Gasteiger charge is -2.36. The highest BCUT2D eigenvalue weighted by atomic mass is 16.5. The van der Waals surface area contributed by atoms with Gasteiger partial charge in [0.2, 0.25) is 0 Å². The Morgan fingerprint density at radius 3 is 2.59 bits per heavy atom. The van der Waals surface area contributed by atoms with Crippen molar-refractivity contribution in [3.8, 4) is 5.75 Å². The van der Waals surface area contributed by atoms with Crippen molar-refractivity contribution >= 4 is 11.5 Å². The Hall–Kier alpha value is -1.81. The van der Waals surface area contributed by atoms with E-state index < -0.39 is 0 Å². The summed E-state index contributed by atoms with van der Waals surface area (Å²) in [5.41, 5.74) is 4.44. The van der Waals surface area contributed by atoms with Gasteiger partial charge >= 0.3 is 0 Å². The lowest BCUT2D eigenvalue weighted by atomic mass is 9.82. The zero-order valence-corrected chi connectivity index (χ0v) is 17.5. The first-order valence-corrected chi connectivity index (χ1v) is 10.2. The van der Waals surface area contributed by atoms with Crippen molar-refractivity contribution in [1.29, 1.82) is 0 Å². The van der Waals surface area contributed by atoms with E-state index >= 15 is 0 Å². The molecule has 1 aromatic carbocycles. The standard InChI is InChI=1S/C23H34N2O2/c1-23(2)14-17-12-22(27-5)18(15-25(3)4)11-19(17)20(24-23)13-21(26)16-9-7-6-8-10-16/h11-13,16,24H,6-10,14-15H2,1-5H3. The van der Waals surface area contributed by atoms with Crippen molar-refractivity contribution < 1.29 is 9.53 Å². The monoisotopic (exact) mass is 370 g/mol. The predicted molar refractivity (Wildman–Crippen MR) is 111 cm³/mol. The summed E-state index contributed by atoms with van der Waals surface area (Å²) in [5, 5.41) is 3.62. The van der Waals surface area contributed by atoms with Gasteiger partial charge in [0.25, 0.3) is 0 Å².